The number of hydrogen-bond donors (Lipinski definition) is 1. The van der Waals surface area contributed by atoms with Crippen molar-refractivity contribution in [1.29, 1.82) is 0 Å². The van der Waals surface area contributed by atoms with E-state index in [1.807, 2.05) is 43.3 Å². The maximum Gasteiger partial charge on any atom is 0.332 e. The molecule has 0 aliphatic heterocycles. The molecule has 0 unspecified atom stereocenters. The molecule has 4 aromatic rings. The molecule has 8 heteroatoms. The van der Waals surface area contributed by atoms with Crippen LogP contribution < -0.4 is 21.3 Å². The lowest BCUT2D eigenvalue weighted by Crippen LogP contribution is -2.42. The van der Waals surface area contributed by atoms with Crippen LogP contribution in [0.4, 0.5) is 5.69 Å². The third-order valence-corrected chi connectivity index (χ3v) is 5.14. The topological polar surface area (TPSA) is 95.2 Å². The van der Waals surface area contributed by atoms with Crippen molar-refractivity contribution in [2.24, 2.45) is 7.05 Å². The highest BCUT2D eigenvalue weighted by atomic mass is 16.5. The molecule has 0 saturated carbocycles. The van der Waals surface area contributed by atoms with E-state index in [2.05, 4.69) is 10.3 Å². The quantitative estimate of drug-likeness (QED) is 0.538. The zero-order chi connectivity index (χ0) is 22.1. The van der Waals surface area contributed by atoms with Gasteiger partial charge in [-0.2, -0.15) is 0 Å². The first-order valence-corrected chi connectivity index (χ1v) is 9.92. The summed E-state index contributed by atoms with van der Waals surface area (Å²) in [5, 5.41) is 4.84. The van der Waals surface area contributed by atoms with Gasteiger partial charge in [0.05, 0.1) is 6.61 Å². The Morgan fingerprint density at radius 3 is 2.65 bits per heavy atom. The van der Waals surface area contributed by atoms with Crippen molar-refractivity contribution in [3.63, 3.8) is 0 Å². The van der Waals surface area contributed by atoms with Gasteiger partial charge in [-0.3, -0.25) is 14.2 Å². The fourth-order valence-corrected chi connectivity index (χ4v) is 3.66. The third-order valence-electron chi connectivity index (χ3n) is 5.14. The monoisotopic (exact) mass is 418 g/mol. The van der Waals surface area contributed by atoms with E-state index in [4.69, 9.17) is 4.74 Å². The summed E-state index contributed by atoms with van der Waals surface area (Å²) in [6.45, 7) is 3.51. The van der Waals surface area contributed by atoms with Crippen molar-refractivity contribution >= 4 is 33.4 Å². The molecule has 2 heterocycles. The van der Waals surface area contributed by atoms with Crippen LogP contribution >= 0.6 is 0 Å². The van der Waals surface area contributed by atoms with Crippen LogP contribution in [0.5, 0.6) is 5.75 Å². The van der Waals surface area contributed by atoms with Gasteiger partial charge in [0, 0.05) is 29.9 Å². The number of nitrogens with one attached hydrogen (secondary N) is 1. The van der Waals surface area contributed by atoms with E-state index in [1.165, 1.54) is 11.6 Å². The molecule has 0 spiro atoms. The summed E-state index contributed by atoms with van der Waals surface area (Å²) in [5.74, 6) is -0.107. The molecule has 2 aromatic carbocycles. The molecule has 8 nitrogen and oxygen atoms in total. The van der Waals surface area contributed by atoms with E-state index in [9.17, 15) is 14.4 Å². The van der Waals surface area contributed by atoms with Crippen LogP contribution in [-0.4, -0.2) is 26.6 Å². The predicted octanol–water partition coefficient (Wildman–Crippen LogP) is 2.59. The molecule has 2 aromatic heterocycles. The Balaban J connectivity index is 1.77. The number of benzene rings is 2. The number of aromatic nitrogens is 3. The van der Waals surface area contributed by atoms with Crippen molar-refractivity contribution in [3.05, 3.63) is 75.1 Å². The van der Waals surface area contributed by atoms with Crippen LogP contribution in [0.1, 0.15) is 12.5 Å². The van der Waals surface area contributed by atoms with Crippen LogP contribution in [0.2, 0.25) is 0 Å². The van der Waals surface area contributed by atoms with Crippen LogP contribution in [0, 0.1) is 6.92 Å². The van der Waals surface area contributed by atoms with E-state index < -0.39 is 23.7 Å². The number of anilines is 1. The number of ether oxygens (including phenoxy) is 1. The SMILES string of the molecule is CCOc1c(C)cnc2c1c(=O)n(CC(=O)Nc1cccc3ccccc13)c(=O)n2C. The maximum absolute atomic E-state index is 13.2. The third kappa shape index (κ3) is 3.56. The molecule has 31 heavy (non-hydrogen) atoms. The van der Waals surface area contributed by atoms with Crippen LogP contribution in [0.15, 0.2) is 58.3 Å². The van der Waals surface area contributed by atoms with E-state index in [1.54, 1.807) is 19.2 Å². The lowest BCUT2D eigenvalue weighted by atomic mass is 10.1. The summed E-state index contributed by atoms with van der Waals surface area (Å²) in [5.41, 5.74) is 0.281. The van der Waals surface area contributed by atoms with Gasteiger partial charge < -0.3 is 10.1 Å². The van der Waals surface area contributed by atoms with Crippen LogP contribution in [0.25, 0.3) is 21.8 Å². The highest BCUT2D eigenvalue weighted by molar-refractivity contribution is 6.02. The van der Waals surface area contributed by atoms with Gasteiger partial charge in [0.25, 0.3) is 5.56 Å². The fraction of sp³-hybridized carbons (Fsp3) is 0.217. The highest BCUT2D eigenvalue weighted by Crippen LogP contribution is 2.25. The molecule has 158 valence electrons. The Hall–Kier alpha value is -3.94. The minimum absolute atomic E-state index is 0.182. The molecule has 0 bridgehead atoms. The maximum atomic E-state index is 13.2. The molecular weight excluding hydrogens is 396 g/mol. The fourth-order valence-electron chi connectivity index (χ4n) is 3.66. The predicted molar refractivity (Wildman–Crippen MR) is 120 cm³/mol. The molecule has 0 radical (unpaired) electrons. The number of fused-ring (bicyclic) bond motifs is 2. The lowest BCUT2D eigenvalue weighted by molar-refractivity contribution is -0.116. The first kappa shape index (κ1) is 20.3. The van der Waals surface area contributed by atoms with Crippen molar-refractivity contribution < 1.29 is 9.53 Å². The molecule has 0 atom stereocenters. The summed E-state index contributed by atoms with van der Waals surface area (Å²) < 4.78 is 7.82. The van der Waals surface area contributed by atoms with Crippen molar-refractivity contribution in [2.45, 2.75) is 20.4 Å². The average molecular weight is 418 g/mol. The van der Waals surface area contributed by atoms with Crippen LogP contribution in [0.3, 0.4) is 0 Å². The van der Waals surface area contributed by atoms with E-state index in [-0.39, 0.29) is 11.0 Å². The second-order valence-corrected chi connectivity index (χ2v) is 7.21. The van der Waals surface area contributed by atoms with Gasteiger partial charge in [-0.25, -0.2) is 14.3 Å². The lowest BCUT2D eigenvalue weighted by Gasteiger charge is -2.14. The first-order valence-electron chi connectivity index (χ1n) is 9.92. The molecule has 0 saturated heterocycles. The molecule has 0 aliphatic carbocycles. The minimum Gasteiger partial charge on any atom is -0.493 e. The van der Waals surface area contributed by atoms with Crippen molar-refractivity contribution in [3.8, 4) is 5.75 Å². The number of carbonyl (C=O) groups is 1. The van der Waals surface area contributed by atoms with Gasteiger partial charge in [-0.15, -0.1) is 0 Å². The Morgan fingerprint density at radius 2 is 1.87 bits per heavy atom. The number of hydrogen-bond acceptors (Lipinski definition) is 5. The number of carbonyl (C=O) groups excluding carboxylic acids is 1. The number of amides is 1. The Morgan fingerprint density at radius 1 is 1.13 bits per heavy atom. The molecule has 1 N–H and O–H groups in total. The van der Waals surface area contributed by atoms with Crippen molar-refractivity contribution in [1.82, 2.24) is 14.1 Å². The Kier molecular flexibility index (Phi) is 5.29. The minimum atomic E-state index is -0.621. The van der Waals surface area contributed by atoms with Crippen molar-refractivity contribution in [2.75, 3.05) is 11.9 Å². The molecule has 1 amide bonds. The first-order chi connectivity index (χ1) is 14.9. The number of pyridine rings is 1. The van der Waals surface area contributed by atoms with Gasteiger partial charge in [-0.05, 0) is 25.3 Å². The molecule has 4 rings (SSSR count). The van der Waals surface area contributed by atoms with Crippen LogP contribution in [-0.2, 0) is 18.4 Å². The van der Waals surface area contributed by atoms with Gasteiger partial charge in [0.15, 0.2) is 5.65 Å². The normalized spacial score (nSPS) is 11.1. The van der Waals surface area contributed by atoms with Gasteiger partial charge in [0.2, 0.25) is 5.91 Å². The number of rotatable bonds is 5. The zero-order valence-electron chi connectivity index (χ0n) is 17.5. The van der Waals surface area contributed by atoms with E-state index >= 15 is 0 Å². The van der Waals surface area contributed by atoms with E-state index in [0.29, 0.717) is 23.6 Å². The Labute approximate surface area is 177 Å². The summed E-state index contributed by atoms with van der Waals surface area (Å²) >= 11 is 0. The Bertz CT molecular complexity index is 1430. The van der Waals surface area contributed by atoms with E-state index in [0.717, 1.165) is 15.3 Å². The standard InChI is InChI=1S/C23H22N4O4/c1-4-31-20-14(2)12-24-21-19(20)22(29)27(23(30)26(21)3)13-18(28)25-17-11-7-9-15-8-5-6-10-16(15)17/h5-12H,4,13H2,1-3H3,(H,25,28). The summed E-state index contributed by atoms with van der Waals surface area (Å²) in [7, 11) is 1.52. The summed E-state index contributed by atoms with van der Waals surface area (Å²) in [6.07, 6.45) is 1.56. The highest BCUT2D eigenvalue weighted by Gasteiger charge is 2.19. The summed E-state index contributed by atoms with van der Waals surface area (Å²) in [6, 6.07) is 13.2. The smallest absolute Gasteiger partial charge is 0.332 e. The largest absolute Gasteiger partial charge is 0.493 e. The zero-order valence-corrected chi connectivity index (χ0v) is 17.5. The second-order valence-electron chi connectivity index (χ2n) is 7.21. The molecule has 0 fully saturated rings. The second kappa shape index (κ2) is 8.06. The van der Waals surface area contributed by atoms with Gasteiger partial charge >= 0.3 is 5.69 Å². The average Bonchev–Trinajstić information content (AvgIpc) is 2.77. The number of aryl methyl sites for hydroxylation is 2. The van der Waals surface area contributed by atoms with Gasteiger partial charge in [0.1, 0.15) is 17.7 Å². The number of nitrogens with zero attached hydrogens (tertiary/aromatic N) is 3. The molecule has 0 aliphatic rings. The molecular formula is C23H22N4O4. The summed E-state index contributed by atoms with van der Waals surface area (Å²) in [4.78, 5) is 43.0. The van der Waals surface area contributed by atoms with Gasteiger partial charge in [-0.1, -0.05) is 36.4 Å².